The largest absolute Gasteiger partial charge is 0.372 e. The fraction of sp³-hybridized carbons (Fsp3) is 1.00. The molecule has 14 heavy (non-hydrogen) atoms. The molecule has 2 rings (SSSR count). The van der Waals surface area contributed by atoms with Crippen LogP contribution in [0.4, 0.5) is 0 Å². The summed E-state index contributed by atoms with van der Waals surface area (Å²) in [5, 5.41) is -0.0875. The zero-order valence-electron chi connectivity index (χ0n) is 8.61. The number of hydrogen-bond donors (Lipinski definition) is 0. The highest BCUT2D eigenvalue weighted by Crippen LogP contribution is 2.30. The standard InChI is InChI=1S/C10H18O3S/c1-8-3-2-4-10(5-8)14(11,12)7-9-6-13-9/h8-10H,2-7H2,1H3/t8?,9-,10?/m0/s1. The quantitative estimate of drug-likeness (QED) is 0.672. The van der Waals surface area contributed by atoms with Crippen molar-refractivity contribution in [1.82, 2.24) is 0 Å². The van der Waals surface area contributed by atoms with Crippen LogP contribution < -0.4 is 0 Å². The minimum absolute atomic E-state index is 0.0113. The van der Waals surface area contributed by atoms with Crippen LogP contribution in [0.25, 0.3) is 0 Å². The van der Waals surface area contributed by atoms with Crippen LogP contribution in [0.1, 0.15) is 32.6 Å². The van der Waals surface area contributed by atoms with Crippen molar-refractivity contribution >= 4 is 9.84 Å². The van der Waals surface area contributed by atoms with E-state index in [-0.39, 0.29) is 17.1 Å². The van der Waals surface area contributed by atoms with Crippen LogP contribution in [0.2, 0.25) is 0 Å². The molecule has 4 heteroatoms. The molecule has 82 valence electrons. The van der Waals surface area contributed by atoms with Crippen molar-refractivity contribution in [1.29, 1.82) is 0 Å². The van der Waals surface area contributed by atoms with E-state index in [4.69, 9.17) is 4.74 Å². The maximum absolute atomic E-state index is 11.9. The zero-order valence-corrected chi connectivity index (χ0v) is 9.42. The molecule has 0 aromatic carbocycles. The Morgan fingerprint density at radius 3 is 2.64 bits per heavy atom. The summed E-state index contributed by atoms with van der Waals surface area (Å²) in [6, 6.07) is 0. The lowest BCUT2D eigenvalue weighted by Gasteiger charge is -2.26. The van der Waals surface area contributed by atoms with Crippen LogP contribution in [-0.4, -0.2) is 32.1 Å². The molecule has 1 heterocycles. The first-order valence-corrected chi connectivity index (χ1v) is 7.12. The minimum Gasteiger partial charge on any atom is -0.372 e. The summed E-state index contributed by atoms with van der Waals surface area (Å²) in [5.74, 6) is 0.827. The van der Waals surface area contributed by atoms with Crippen LogP contribution in [0.5, 0.6) is 0 Å². The van der Waals surface area contributed by atoms with E-state index in [9.17, 15) is 8.42 Å². The van der Waals surface area contributed by atoms with Gasteiger partial charge in [0.15, 0.2) is 9.84 Å². The molecule has 0 N–H and O–H groups in total. The second kappa shape index (κ2) is 3.81. The van der Waals surface area contributed by atoms with E-state index in [0.717, 1.165) is 19.3 Å². The summed E-state index contributed by atoms with van der Waals surface area (Å²) in [7, 11) is -2.88. The first-order chi connectivity index (χ1) is 6.58. The van der Waals surface area contributed by atoms with Crippen molar-refractivity contribution in [3.63, 3.8) is 0 Å². The van der Waals surface area contributed by atoms with Gasteiger partial charge in [-0.2, -0.15) is 0 Å². The molecular weight excluding hydrogens is 200 g/mol. The molecule has 0 radical (unpaired) electrons. The first kappa shape index (κ1) is 10.4. The molecule has 0 amide bonds. The molecule has 0 bridgehead atoms. The second-order valence-corrected chi connectivity index (χ2v) is 7.00. The topological polar surface area (TPSA) is 46.7 Å². The van der Waals surface area contributed by atoms with Crippen LogP contribution in [0.15, 0.2) is 0 Å². The van der Waals surface area contributed by atoms with E-state index in [1.807, 2.05) is 0 Å². The molecule has 3 atom stereocenters. The van der Waals surface area contributed by atoms with Crippen molar-refractivity contribution in [2.75, 3.05) is 12.4 Å². The molecular formula is C10H18O3S. The zero-order chi connectivity index (χ0) is 10.2. The van der Waals surface area contributed by atoms with Gasteiger partial charge in [0.25, 0.3) is 0 Å². The Labute approximate surface area is 85.8 Å². The van der Waals surface area contributed by atoms with E-state index < -0.39 is 9.84 Å². The first-order valence-electron chi connectivity index (χ1n) is 5.41. The molecule has 2 unspecified atom stereocenters. The predicted octanol–water partition coefficient (Wildman–Crippen LogP) is 1.38. The van der Waals surface area contributed by atoms with Crippen LogP contribution >= 0.6 is 0 Å². The smallest absolute Gasteiger partial charge is 0.155 e. The Hall–Kier alpha value is -0.0900. The van der Waals surface area contributed by atoms with E-state index in [0.29, 0.717) is 12.5 Å². The third-order valence-electron chi connectivity index (χ3n) is 3.22. The Morgan fingerprint density at radius 1 is 1.36 bits per heavy atom. The lowest BCUT2D eigenvalue weighted by Crippen LogP contribution is -2.30. The second-order valence-electron chi connectivity index (χ2n) is 4.68. The highest BCUT2D eigenvalue weighted by Gasteiger charge is 2.36. The van der Waals surface area contributed by atoms with Gasteiger partial charge in [-0.25, -0.2) is 8.42 Å². The van der Waals surface area contributed by atoms with Gasteiger partial charge in [-0.05, 0) is 18.8 Å². The van der Waals surface area contributed by atoms with Gasteiger partial charge in [0.1, 0.15) is 0 Å². The van der Waals surface area contributed by atoms with Gasteiger partial charge in [-0.15, -0.1) is 0 Å². The molecule has 1 aliphatic carbocycles. The Bertz CT molecular complexity index is 292. The van der Waals surface area contributed by atoms with Gasteiger partial charge in [0.05, 0.1) is 23.7 Å². The van der Waals surface area contributed by atoms with Crippen molar-refractivity contribution in [3.05, 3.63) is 0 Å². The normalized spacial score (nSPS) is 38.2. The third kappa shape index (κ3) is 2.48. The maximum Gasteiger partial charge on any atom is 0.155 e. The summed E-state index contributed by atoms with van der Waals surface area (Å²) in [6.07, 6.45) is 3.98. The van der Waals surface area contributed by atoms with Crippen molar-refractivity contribution in [2.24, 2.45) is 5.92 Å². The number of ether oxygens (including phenoxy) is 1. The molecule has 1 saturated carbocycles. The van der Waals surface area contributed by atoms with Gasteiger partial charge in [-0.3, -0.25) is 0 Å². The number of sulfone groups is 1. The van der Waals surface area contributed by atoms with Gasteiger partial charge >= 0.3 is 0 Å². The molecule has 0 spiro atoms. The molecule has 1 saturated heterocycles. The average molecular weight is 218 g/mol. The third-order valence-corrected chi connectivity index (χ3v) is 5.50. The van der Waals surface area contributed by atoms with E-state index in [2.05, 4.69) is 6.92 Å². The van der Waals surface area contributed by atoms with Crippen molar-refractivity contribution in [3.8, 4) is 0 Å². The molecule has 2 aliphatic rings. The Balaban J connectivity index is 1.97. The van der Waals surface area contributed by atoms with Crippen LogP contribution in [0.3, 0.4) is 0 Å². The molecule has 0 aromatic heterocycles. The Morgan fingerprint density at radius 2 is 2.07 bits per heavy atom. The van der Waals surface area contributed by atoms with E-state index >= 15 is 0 Å². The molecule has 1 aliphatic heterocycles. The lowest BCUT2D eigenvalue weighted by atomic mass is 9.91. The van der Waals surface area contributed by atoms with Crippen molar-refractivity contribution < 1.29 is 13.2 Å². The SMILES string of the molecule is CC1CCCC(S(=O)(=O)C[C@@H]2CO2)C1. The lowest BCUT2D eigenvalue weighted by molar-refractivity contribution is 0.378. The summed E-state index contributed by atoms with van der Waals surface area (Å²) in [6.45, 7) is 2.79. The number of hydrogen-bond acceptors (Lipinski definition) is 3. The van der Waals surface area contributed by atoms with E-state index in [1.165, 1.54) is 6.42 Å². The average Bonchev–Trinajstić information content (AvgIpc) is 2.87. The summed E-state index contributed by atoms with van der Waals surface area (Å²) in [5.41, 5.74) is 0. The molecule has 2 fully saturated rings. The van der Waals surface area contributed by atoms with Crippen LogP contribution in [0, 0.1) is 5.92 Å². The number of rotatable bonds is 3. The highest BCUT2D eigenvalue weighted by molar-refractivity contribution is 7.92. The number of epoxide rings is 1. The van der Waals surface area contributed by atoms with Crippen LogP contribution in [-0.2, 0) is 14.6 Å². The predicted molar refractivity (Wildman–Crippen MR) is 54.9 cm³/mol. The van der Waals surface area contributed by atoms with E-state index in [1.54, 1.807) is 0 Å². The van der Waals surface area contributed by atoms with Gasteiger partial charge in [0, 0.05) is 0 Å². The fourth-order valence-corrected chi connectivity index (χ4v) is 4.39. The van der Waals surface area contributed by atoms with Gasteiger partial charge in [-0.1, -0.05) is 19.8 Å². The maximum atomic E-state index is 11.9. The Kier molecular flexibility index (Phi) is 2.84. The summed E-state index contributed by atoms with van der Waals surface area (Å²) >= 11 is 0. The molecule has 3 nitrogen and oxygen atoms in total. The minimum atomic E-state index is -2.88. The fourth-order valence-electron chi connectivity index (χ4n) is 2.26. The van der Waals surface area contributed by atoms with Gasteiger partial charge in [0.2, 0.25) is 0 Å². The highest BCUT2D eigenvalue weighted by atomic mass is 32.2. The molecule has 0 aromatic rings. The summed E-state index contributed by atoms with van der Waals surface area (Å²) in [4.78, 5) is 0. The van der Waals surface area contributed by atoms with Crippen molar-refractivity contribution in [2.45, 2.75) is 44.0 Å². The monoisotopic (exact) mass is 218 g/mol. The van der Waals surface area contributed by atoms with Gasteiger partial charge < -0.3 is 4.74 Å². The summed E-state index contributed by atoms with van der Waals surface area (Å²) < 4.78 is 28.8.